The molecule has 0 bridgehead atoms. The maximum atomic E-state index is 12.0. The first-order chi connectivity index (χ1) is 8.81. The number of benzene rings is 1. The molecule has 0 aliphatic rings. The molecule has 19 heavy (non-hydrogen) atoms. The van der Waals surface area contributed by atoms with Crippen LogP contribution in [0.4, 0.5) is 11.4 Å². The maximum Gasteiger partial charge on any atom is 0.228 e. The first-order valence-corrected chi connectivity index (χ1v) is 6.26. The van der Waals surface area contributed by atoms with Gasteiger partial charge in [0.05, 0.1) is 17.3 Å². The van der Waals surface area contributed by atoms with Gasteiger partial charge in [0.2, 0.25) is 11.8 Å². The van der Waals surface area contributed by atoms with E-state index in [-0.39, 0.29) is 23.8 Å². The second kappa shape index (κ2) is 6.33. The highest BCUT2D eigenvalue weighted by molar-refractivity contribution is 5.99. The van der Waals surface area contributed by atoms with Crippen molar-refractivity contribution in [1.29, 1.82) is 0 Å². The highest BCUT2D eigenvalue weighted by Gasteiger charge is 2.18. The summed E-state index contributed by atoms with van der Waals surface area (Å²) < 4.78 is 0. The summed E-state index contributed by atoms with van der Waals surface area (Å²) in [6.07, 6.45) is 0. The lowest BCUT2D eigenvalue weighted by atomic mass is 10.0. The van der Waals surface area contributed by atoms with E-state index in [1.54, 1.807) is 19.9 Å². The van der Waals surface area contributed by atoms with Gasteiger partial charge in [-0.15, -0.1) is 0 Å². The molecule has 5 heteroatoms. The van der Waals surface area contributed by atoms with Gasteiger partial charge < -0.3 is 16.4 Å². The van der Waals surface area contributed by atoms with Gasteiger partial charge in [0.1, 0.15) is 0 Å². The van der Waals surface area contributed by atoms with Gasteiger partial charge in [-0.25, -0.2) is 0 Å². The standard InChI is InChI=1S/C14H21N3O2/c1-8-5-6-12(16-11(4)18)13(7-8)17-14(19)9(2)10(3)15/h5-7,9-10H,15H2,1-4H3,(H,16,18)(H,17,19). The Morgan fingerprint density at radius 1 is 1.16 bits per heavy atom. The quantitative estimate of drug-likeness (QED) is 0.775. The van der Waals surface area contributed by atoms with Crippen LogP contribution in [0.2, 0.25) is 0 Å². The minimum Gasteiger partial charge on any atom is -0.327 e. The summed E-state index contributed by atoms with van der Waals surface area (Å²) in [5.41, 5.74) is 7.88. The Kier molecular flexibility index (Phi) is 5.06. The number of rotatable bonds is 4. The first kappa shape index (κ1) is 15.2. The third kappa shape index (κ3) is 4.37. The van der Waals surface area contributed by atoms with E-state index < -0.39 is 0 Å². The SMILES string of the molecule is CC(=O)Nc1ccc(C)cc1NC(=O)C(C)C(C)N. The van der Waals surface area contributed by atoms with Gasteiger partial charge in [0.25, 0.3) is 0 Å². The molecule has 2 atom stereocenters. The van der Waals surface area contributed by atoms with Crippen molar-refractivity contribution in [1.82, 2.24) is 0 Å². The van der Waals surface area contributed by atoms with E-state index in [1.807, 2.05) is 19.1 Å². The third-order valence-corrected chi connectivity index (χ3v) is 2.95. The smallest absolute Gasteiger partial charge is 0.228 e. The van der Waals surface area contributed by atoms with E-state index in [0.29, 0.717) is 11.4 Å². The predicted molar refractivity (Wildman–Crippen MR) is 76.9 cm³/mol. The van der Waals surface area contributed by atoms with E-state index in [1.165, 1.54) is 6.92 Å². The summed E-state index contributed by atoms with van der Waals surface area (Å²) in [5, 5.41) is 5.49. The third-order valence-electron chi connectivity index (χ3n) is 2.95. The van der Waals surface area contributed by atoms with Crippen LogP contribution in [0.15, 0.2) is 18.2 Å². The average Bonchev–Trinajstić information content (AvgIpc) is 2.31. The van der Waals surface area contributed by atoms with Crippen molar-refractivity contribution in [3.8, 4) is 0 Å². The lowest BCUT2D eigenvalue weighted by Gasteiger charge is -2.17. The Balaban J connectivity index is 2.95. The van der Waals surface area contributed by atoms with Gasteiger partial charge in [0, 0.05) is 13.0 Å². The molecule has 4 N–H and O–H groups in total. The lowest BCUT2D eigenvalue weighted by Crippen LogP contribution is -2.34. The Bertz CT molecular complexity index is 484. The Morgan fingerprint density at radius 3 is 2.32 bits per heavy atom. The molecular formula is C14H21N3O2. The van der Waals surface area contributed by atoms with E-state index in [9.17, 15) is 9.59 Å². The molecule has 0 radical (unpaired) electrons. The van der Waals surface area contributed by atoms with Crippen LogP contribution < -0.4 is 16.4 Å². The second-order valence-electron chi connectivity index (χ2n) is 4.87. The van der Waals surface area contributed by atoms with Gasteiger partial charge in [-0.3, -0.25) is 9.59 Å². The van der Waals surface area contributed by atoms with E-state index in [2.05, 4.69) is 10.6 Å². The highest BCUT2D eigenvalue weighted by atomic mass is 16.2. The molecule has 104 valence electrons. The van der Waals surface area contributed by atoms with Crippen molar-refractivity contribution in [2.75, 3.05) is 10.6 Å². The predicted octanol–water partition coefficient (Wildman–Crippen LogP) is 1.88. The van der Waals surface area contributed by atoms with Gasteiger partial charge in [-0.2, -0.15) is 0 Å². The fourth-order valence-corrected chi connectivity index (χ4v) is 1.55. The molecule has 1 aromatic rings. The molecule has 0 saturated carbocycles. The largest absolute Gasteiger partial charge is 0.327 e. The number of nitrogens with one attached hydrogen (secondary N) is 2. The summed E-state index contributed by atoms with van der Waals surface area (Å²) >= 11 is 0. The Morgan fingerprint density at radius 2 is 1.79 bits per heavy atom. The Labute approximate surface area is 113 Å². The molecule has 0 spiro atoms. The van der Waals surface area contributed by atoms with E-state index >= 15 is 0 Å². The van der Waals surface area contributed by atoms with E-state index in [0.717, 1.165) is 5.56 Å². The number of amides is 2. The normalized spacial score (nSPS) is 13.5. The van der Waals surface area contributed by atoms with Crippen LogP contribution in [-0.2, 0) is 9.59 Å². The van der Waals surface area contributed by atoms with Gasteiger partial charge in [-0.05, 0) is 31.5 Å². The maximum absolute atomic E-state index is 12.0. The van der Waals surface area contributed by atoms with Crippen LogP contribution in [0.25, 0.3) is 0 Å². The van der Waals surface area contributed by atoms with Crippen molar-refractivity contribution < 1.29 is 9.59 Å². The fourth-order valence-electron chi connectivity index (χ4n) is 1.55. The van der Waals surface area contributed by atoms with Crippen LogP contribution in [0.1, 0.15) is 26.3 Å². The Hall–Kier alpha value is -1.88. The molecule has 0 aromatic heterocycles. The highest BCUT2D eigenvalue weighted by Crippen LogP contribution is 2.24. The summed E-state index contributed by atoms with van der Waals surface area (Å²) in [6, 6.07) is 5.23. The zero-order chi connectivity index (χ0) is 14.6. The molecule has 0 saturated heterocycles. The van der Waals surface area contributed by atoms with Crippen LogP contribution in [0.5, 0.6) is 0 Å². The zero-order valence-electron chi connectivity index (χ0n) is 11.8. The van der Waals surface area contributed by atoms with Crippen LogP contribution in [0.3, 0.4) is 0 Å². The number of anilines is 2. The number of carbonyl (C=O) groups excluding carboxylic acids is 2. The van der Waals surface area contributed by atoms with Crippen LogP contribution >= 0.6 is 0 Å². The van der Waals surface area contributed by atoms with Crippen molar-refractivity contribution in [3.63, 3.8) is 0 Å². The van der Waals surface area contributed by atoms with Gasteiger partial charge in [-0.1, -0.05) is 13.0 Å². The van der Waals surface area contributed by atoms with Crippen molar-refractivity contribution in [2.24, 2.45) is 11.7 Å². The molecule has 0 aliphatic heterocycles. The molecule has 0 fully saturated rings. The summed E-state index contributed by atoms with van der Waals surface area (Å²) in [5.74, 6) is -0.641. The van der Waals surface area contributed by atoms with Gasteiger partial charge in [0.15, 0.2) is 0 Å². The van der Waals surface area contributed by atoms with Gasteiger partial charge >= 0.3 is 0 Å². The topological polar surface area (TPSA) is 84.2 Å². The molecular weight excluding hydrogens is 242 g/mol. The van der Waals surface area contributed by atoms with Crippen molar-refractivity contribution in [3.05, 3.63) is 23.8 Å². The molecule has 0 heterocycles. The molecule has 2 amide bonds. The molecule has 5 nitrogen and oxygen atoms in total. The monoisotopic (exact) mass is 263 g/mol. The average molecular weight is 263 g/mol. The first-order valence-electron chi connectivity index (χ1n) is 6.26. The van der Waals surface area contributed by atoms with E-state index in [4.69, 9.17) is 5.73 Å². The molecule has 1 rings (SSSR count). The van der Waals surface area contributed by atoms with Crippen molar-refractivity contribution >= 4 is 23.2 Å². The number of nitrogens with two attached hydrogens (primary N) is 1. The number of hydrogen-bond acceptors (Lipinski definition) is 3. The molecule has 1 aromatic carbocycles. The van der Waals surface area contributed by atoms with Crippen molar-refractivity contribution in [2.45, 2.75) is 33.7 Å². The molecule has 2 unspecified atom stereocenters. The minimum atomic E-state index is -0.300. The van der Waals surface area contributed by atoms with Crippen LogP contribution in [-0.4, -0.2) is 17.9 Å². The zero-order valence-corrected chi connectivity index (χ0v) is 11.8. The number of carbonyl (C=O) groups is 2. The summed E-state index contributed by atoms with van der Waals surface area (Å²) in [6.45, 7) is 6.90. The second-order valence-corrected chi connectivity index (χ2v) is 4.87. The minimum absolute atomic E-state index is 0.160. The van der Waals surface area contributed by atoms with Crippen LogP contribution in [0, 0.1) is 12.8 Å². The summed E-state index contributed by atoms with van der Waals surface area (Å²) in [4.78, 5) is 23.1. The fraction of sp³-hybridized carbons (Fsp3) is 0.429. The lowest BCUT2D eigenvalue weighted by molar-refractivity contribution is -0.120. The molecule has 0 aliphatic carbocycles. The summed E-state index contributed by atoms with van der Waals surface area (Å²) in [7, 11) is 0. The number of aryl methyl sites for hydroxylation is 1. The number of hydrogen-bond donors (Lipinski definition) is 3.